The highest BCUT2D eigenvalue weighted by atomic mass is 35.5. The molecule has 106 valence electrons. The number of nitrogens with zero attached hydrogens (tertiary/aromatic N) is 3. The van der Waals surface area contributed by atoms with E-state index in [1.54, 1.807) is 11.8 Å². The summed E-state index contributed by atoms with van der Waals surface area (Å²) >= 11 is 5.98. The summed E-state index contributed by atoms with van der Waals surface area (Å²) in [6.07, 6.45) is 1.89. The van der Waals surface area contributed by atoms with Gasteiger partial charge in [-0.25, -0.2) is 4.68 Å². The summed E-state index contributed by atoms with van der Waals surface area (Å²) in [5, 5.41) is 9.13. The molecule has 0 bridgehead atoms. The molecule has 0 aliphatic carbocycles. The smallest absolute Gasteiger partial charge is 0.119 e. The Balaban J connectivity index is 1.99. The fourth-order valence-corrected chi connectivity index (χ4v) is 2.40. The molecule has 0 saturated heterocycles. The maximum absolute atomic E-state index is 5.98. The highest BCUT2D eigenvalue weighted by Gasteiger charge is 2.08. The van der Waals surface area contributed by atoms with Crippen molar-refractivity contribution in [2.75, 3.05) is 7.11 Å². The van der Waals surface area contributed by atoms with Crippen LogP contribution in [0.3, 0.4) is 0 Å². The van der Waals surface area contributed by atoms with E-state index in [2.05, 4.69) is 10.3 Å². The van der Waals surface area contributed by atoms with Crippen molar-refractivity contribution in [3.05, 3.63) is 59.2 Å². The van der Waals surface area contributed by atoms with Gasteiger partial charge >= 0.3 is 0 Å². The maximum Gasteiger partial charge on any atom is 0.119 e. The minimum atomic E-state index is 0.712. The van der Waals surface area contributed by atoms with Gasteiger partial charge in [-0.2, -0.15) is 0 Å². The van der Waals surface area contributed by atoms with Gasteiger partial charge in [0.25, 0.3) is 0 Å². The van der Waals surface area contributed by atoms with E-state index in [0.29, 0.717) is 5.02 Å². The third-order valence-electron chi connectivity index (χ3n) is 3.26. The van der Waals surface area contributed by atoms with Crippen LogP contribution in [0.2, 0.25) is 5.02 Å². The lowest BCUT2D eigenvalue weighted by atomic mass is 10.1. The minimum Gasteiger partial charge on any atom is -0.497 e. The first-order chi connectivity index (χ1) is 10.2. The summed E-state index contributed by atoms with van der Waals surface area (Å²) in [5.41, 5.74) is 3.76. The van der Waals surface area contributed by atoms with Gasteiger partial charge in [-0.15, -0.1) is 5.10 Å². The SMILES string of the molecule is COc1cccc(-c2cn(-c3ccc(Cl)cc3C)nn2)c1. The van der Waals surface area contributed by atoms with Crippen molar-refractivity contribution < 1.29 is 4.74 Å². The van der Waals surface area contributed by atoms with Gasteiger partial charge in [-0.3, -0.25) is 0 Å². The number of halogens is 1. The number of benzene rings is 2. The van der Waals surface area contributed by atoms with E-state index in [-0.39, 0.29) is 0 Å². The summed E-state index contributed by atoms with van der Waals surface area (Å²) < 4.78 is 6.98. The van der Waals surface area contributed by atoms with Gasteiger partial charge in [0.1, 0.15) is 11.4 Å². The number of aryl methyl sites for hydroxylation is 1. The summed E-state index contributed by atoms with van der Waals surface area (Å²) in [4.78, 5) is 0. The second-order valence-electron chi connectivity index (χ2n) is 4.71. The van der Waals surface area contributed by atoms with Crippen LogP contribution < -0.4 is 4.74 Å². The highest BCUT2D eigenvalue weighted by molar-refractivity contribution is 6.30. The zero-order chi connectivity index (χ0) is 14.8. The second-order valence-corrected chi connectivity index (χ2v) is 5.15. The van der Waals surface area contributed by atoms with Crippen LogP contribution >= 0.6 is 11.6 Å². The molecule has 3 rings (SSSR count). The lowest BCUT2D eigenvalue weighted by molar-refractivity contribution is 0.415. The fraction of sp³-hybridized carbons (Fsp3) is 0.125. The Hall–Kier alpha value is -2.33. The molecule has 5 heteroatoms. The molecular formula is C16H14ClN3O. The van der Waals surface area contributed by atoms with Crippen LogP contribution in [0.4, 0.5) is 0 Å². The lowest BCUT2D eigenvalue weighted by Gasteiger charge is -2.04. The first-order valence-corrected chi connectivity index (χ1v) is 6.88. The van der Waals surface area contributed by atoms with E-state index in [1.807, 2.05) is 55.6 Å². The number of hydrogen-bond donors (Lipinski definition) is 0. The topological polar surface area (TPSA) is 39.9 Å². The first kappa shape index (κ1) is 13.6. The Morgan fingerprint density at radius 2 is 2.00 bits per heavy atom. The highest BCUT2D eigenvalue weighted by Crippen LogP contribution is 2.24. The van der Waals surface area contributed by atoms with E-state index >= 15 is 0 Å². The van der Waals surface area contributed by atoms with Crippen molar-refractivity contribution in [3.8, 4) is 22.7 Å². The number of methoxy groups -OCH3 is 1. The molecule has 0 fully saturated rings. The molecule has 4 nitrogen and oxygen atoms in total. The molecule has 3 aromatic rings. The molecule has 2 aromatic carbocycles. The van der Waals surface area contributed by atoms with Gasteiger partial charge < -0.3 is 4.74 Å². The third-order valence-corrected chi connectivity index (χ3v) is 3.50. The van der Waals surface area contributed by atoms with Crippen LogP contribution in [0.1, 0.15) is 5.56 Å². The predicted octanol–water partition coefficient (Wildman–Crippen LogP) is 3.90. The standard InChI is InChI=1S/C16H14ClN3O/c1-11-8-13(17)6-7-16(11)20-10-15(18-19-20)12-4-3-5-14(9-12)21-2/h3-10H,1-2H3. The first-order valence-electron chi connectivity index (χ1n) is 6.50. The van der Waals surface area contributed by atoms with Crippen molar-refractivity contribution in [2.45, 2.75) is 6.92 Å². The van der Waals surface area contributed by atoms with Crippen LogP contribution in [0.25, 0.3) is 16.9 Å². The molecule has 0 atom stereocenters. The van der Waals surface area contributed by atoms with Gasteiger partial charge in [-0.05, 0) is 42.8 Å². The maximum atomic E-state index is 5.98. The Morgan fingerprint density at radius 3 is 2.76 bits per heavy atom. The summed E-state index contributed by atoms with van der Waals surface area (Å²) in [6.45, 7) is 1.99. The molecule has 1 aromatic heterocycles. The van der Waals surface area contributed by atoms with Crippen molar-refractivity contribution in [1.29, 1.82) is 0 Å². The normalized spacial score (nSPS) is 10.6. The summed E-state index contributed by atoms with van der Waals surface area (Å²) in [7, 11) is 1.65. The van der Waals surface area contributed by atoms with E-state index in [1.165, 1.54) is 0 Å². The molecule has 0 aliphatic rings. The Morgan fingerprint density at radius 1 is 1.14 bits per heavy atom. The van der Waals surface area contributed by atoms with Crippen LogP contribution in [-0.2, 0) is 0 Å². The predicted molar refractivity (Wildman–Crippen MR) is 83.1 cm³/mol. The van der Waals surface area contributed by atoms with E-state index < -0.39 is 0 Å². The summed E-state index contributed by atoms with van der Waals surface area (Å²) in [5.74, 6) is 0.796. The number of aromatic nitrogens is 3. The average Bonchev–Trinajstić information content (AvgIpc) is 2.97. The molecule has 1 heterocycles. The quantitative estimate of drug-likeness (QED) is 0.736. The minimum absolute atomic E-state index is 0.712. The van der Waals surface area contributed by atoms with Crippen molar-refractivity contribution in [1.82, 2.24) is 15.0 Å². The van der Waals surface area contributed by atoms with Gasteiger partial charge in [0.05, 0.1) is 19.0 Å². The largest absolute Gasteiger partial charge is 0.497 e. The molecule has 0 radical (unpaired) electrons. The molecule has 0 spiro atoms. The Kier molecular flexibility index (Phi) is 3.62. The summed E-state index contributed by atoms with van der Waals surface area (Å²) in [6, 6.07) is 13.4. The number of ether oxygens (including phenoxy) is 1. The molecule has 0 N–H and O–H groups in total. The van der Waals surface area contributed by atoms with Gasteiger partial charge in [0.15, 0.2) is 0 Å². The molecule has 0 aliphatic heterocycles. The Labute approximate surface area is 127 Å². The third kappa shape index (κ3) is 2.76. The van der Waals surface area contributed by atoms with Crippen LogP contribution in [-0.4, -0.2) is 22.1 Å². The van der Waals surface area contributed by atoms with E-state index in [0.717, 1.165) is 28.3 Å². The van der Waals surface area contributed by atoms with Crippen molar-refractivity contribution in [2.24, 2.45) is 0 Å². The Bertz CT molecular complexity index is 783. The zero-order valence-electron chi connectivity index (χ0n) is 11.7. The van der Waals surface area contributed by atoms with Crippen LogP contribution in [0, 0.1) is 6.92 Å². The van der Waals surface area contributed by atoms with E-state index in [9.17, 15) is 0 Å². The average molecular weight is 300 g/mol. The van der Waals surface area contributed by atoms with Crippen molar-refractivity contribution >= 4 is 11.6 Å². The molecule has 0 unspecified atom stereocenters. The number of rotatable bonds is 3. The van der Waals surface area contributed by atoms with Crippen LogP contribution in [0.15, 0.2) is 48.7 Å². The molecule has 21 heavy (non-hydrogen) atoms. The lowest BCUT2D eigenvalue weighted by Crippen LogP contribution is -1.97. The second kappa shape index (κ2) is 5.58. The van der Waals surface area contributed by atoms with E-state index in [4.69, 9.17) is 16.3 Å². The van der Waals surface area contributed by atoms with Crippen LogP contribution in [0.5, 0.6) is 5.75 Å². The monoisotopic (exact) mass is 299 g/mol. The number of hydrogen-bond acceptors (Lipinski definition) is 3. The molecule has 0 saturated carbocycles. The zero-order valence-corrected chi connectivity index (χ0v) is 12.5. The fourth-order valence-electron chi connectivity index (χ4n) is 2.17. The molecular weight excluding hydrogens is 286 g/mol. The van der Waals surface area contributed by atoms with Gasteiger partial charge in [0.2, 0.25) is 0 Å². The molecule has 0 amide bonds. The van der Waals surface area contributed by atoms with Gasteiger partial charge in [-0.1, -0.05) is 28.9 Å². The van der Waals surface area contributed by atoms with Gasteiger partial charge in [0, 0.05) is 10.6 Å². The van der Waals surface area contributed by atoms with Crippen molar-refractivity contribution in [3.63, 3.8) is 0 Å².